The molecule has 0 spiro atoms. The second-order valence-electron chi connectivity index (χ2n) is 4.66. The fourth-order valence-electron chi connectivity index (χ4n) is 2.35. The highest BCUT2D eigenvalue weighted by Gasteiger charge is 2.23. The van der Waals surface area contributed by atoms with E-state index in [0.29, 0.717) is 5.52 Å². The van der Waals surface area contributed by atoms with Crippen molar-refractivity contribution in [3.8, 4) is 6.07 Å². The maximum absolute atomic E-state index is 13.3. The van der Waals surface area contributed by atoms with Crippen LogP contribution in [0.1, 0.15) is 21.6 Å². The largest absolute Gasteiger partial charge is 0.396 e. The van der Waals surface area contributed by atoms with Crippen molar-refractivity contribution in [3.05, 3.63) is 71.1 Å². The van der Waals surface area contributed by atoms with Crippen molar-refractivity contribution in [1.29, 1.82) is 5.26 Å². The number of aromatic nitrogens is 1. The van der Waals surface area contributed by atoms with Crippen molar-refractivity contribution in [2.75, 3.05) is 5.73 Å². The second kappa shape index (κ2) is 4.97. The molecule has 1 aromatic carbocycles. The lowest BCUT2D eigenvalue weighted by Gasteiger charge is -2.04. The smallest absolute Gasteiger partial charge is 0.212 e. The Kier molecular flexibility index (Phi) is 3.11. The number of nitrogens with zero attached hydrogens (tertiary/aromatic N) is 2. The van der Waals surface area contributed by atoms with Gasteiger partial charge < -0.3 is 10.1 Å². The summed E-state index contributed by atoms with van der Waals surface area (Å²) in [5.41, 5.74) is 6.58. The van der Waals surface area contributed by atoms with Crippen LogP contribution >= 0.6 is 0 Å². The molecule has 2 heterocycles. The molecule has 0 aliphatic carbocycles. The Hall–Kier alpha value is -3.20. The van der Waals surface area contributed by atoms with Crippen molar-refractivity contribution in [1.82, 2.24) is 4.40 Å². The summed E-state index contributed by atoms with van der Waals surface area (Å²) in [5, 5.41) is 9.20. The molecular weight excluding hydrogens is 288 g/mol. The van der Waals surface area contributed by atoms with Gasteiger partial charge in [0, 0.05) is 11.8 Å². The number of rotatable bonds is 2. The fourth-order valence-corrected chi connectivity index (χ4v) is 2.35. The number of nitriles is 1. The zero-order chi connectivity index (χ0) is 15.9. The summed E-state index contributed by atoms with van der Waals surface area (Å²) in [7, 11) is 0. The molecule has 6 heteroatoms. The summed E-state index contributed by atoms with van der Waals surface area (Å²) in [4.78, 5) is 12.6. The van der Waals surface area contributed by atoms with Crippen LogP contribution in [0, 0.1) is 23.0 Å². The summed E-state index contributed by atoms with van der Waals surface area (Å²) >= 11 is 0. The van der Waals surface area contributed by atoms with E-state index in [1.165, 1.54) is 10.5 Å². The van der Waals surface area contributed by atoms with Crippen LogP contribution in [0.4, 0.5) is 14.5 Å². The lowest BCUT2D eigenvalue weighted by Crippen LogP contribution is -2.08. The molecule has 0 radical (unpaired) electrons. The molecule has 0 bridgehead atoms. The minimum atomic E-state index is -1.12. The van der Waals surface area contributed by atoms with Crippen LogP contribution in [0.15, 0.2) is 42.6 Å². The number of carbonyl (C=O) groups is 1. The lowest BCUT2D eigenvalue weighted by molar-refractivity contribution is 0.103. The van der Waals surface area contributed by atoms with Gasteiger partial charge in [-0.1, -0.05) is 6.07 Å². The number of ketones is 1. The summed E-state index contributed by atoms with van der Waals surface area (Å²) in [6, 6.07) is 9.85. The molecule has 2 aromatic heterocycles. The highest BCUT2D eigenvalue weighted by molar-refractivity contribution is 6.13. The first-order valence-corrected chi connectivity index (χ1v) is 6.33. The Balaban J connectivity index is 2.26. The number of carbonyl (C=O) groups excluding carboxylic acids is 1. The molecular formula is C16H9F2N3O. The molecule has 4 nitrogen and oxygen atoms in total. The molecule has 0 fully saturated rings. The number of nitrogens with two attached hydrogens (primary N) is 1. The van der Waals surface area contributed by atoms with E-state index in [0.717, 1.165) is 12.1 Å². The zero-order valence-electron chi connectivity index (χ0n) is 11.2. The van der Waals surface area contributed by atoms with E-state index in [4.69, 9.17) is 5.73 Å². The van der Waals surface area contributed by atoms with Gasteiger partial charge in [-0.2, -0.15) is 5.26 Å². The monoisotopic (exact) mass is 297 g/mol. The summed E-state index contributed by atoms with van der Waals surface area (Å²) in [6.07, 6.45) is 1.58. The van der Waals surface area contributed by atoms with Crippen LogP contribution in [0.2, 0.25) is 0 Å². The summed E-state index contributed by atoms with van der Waals surface area (Å²) < 4.78 is 27.8. The molecule has 108 valence electrons. The molecule has 0 aliphatic heterocycles. The molecule has 0 saturated heterocycles. The van der Waals surface area contributed by atoms with E-state index < -0.39 is 17.4 Å². The number of nitrogen functional groups attached to an aromatic ring is 1. The number of anilines is 1. The van der Waals surface area contributed by atoms with E-state index in [1.54, 1.807) is 24.4 Å². The van der Waals surface area contributed by atoms with Crippen LogP contribution in [-0.4, -0.2) is 10.2 Å². The Morgan fingerprint density at radius 2 is 1.95 bits per heavy atom. The summed E-state index contributed by atoms with van der Waals surface area (Å²) in [5.74, 6) is -2.74. The number of fused-ring (bicyclic) bond motifs is 1. The zero-order valence-corrected chi connectivity index (χ0v) is 11.2. The minimum absolute atomic E-state index is 0.0171. The topological polar surface area (TPSA) is 71.3 Å². The van der Waals surface area contributed by atoms with Crippen LogP contribution in [0.5, 0.6) is 0 Å². The van der Waals surface area contributed by atoms with E-state index in [2.05, 4.69) is 0 Å². The van der Waals surface area contributed by atoms with Crippen LogP contribution in [0.3, 0.4) is 0 Å². The van der Waals surface area contributed by atoms with Crippen molar-refractivity contribution in [2.45, 2.75) is 0 Å². The molecule has 0 unspecified atom stereocenters. The maximum Gasteiger partial charge on any atom is 0.212 e. The number of pyridine rings is 1. The van der Waals surface area contributed by atoms with Gasteiger partial charge >= 0.3 is 0 Å². The van der Waals surface area contributed by atoms with Crippen molar-refractivity contribution >= 4 is 17.0 Å². The van der Waals surface area contributed by atoms with Gasteiger partial charge in [0.1, 0.15) is 17.3 Å². The van der Waals surface area contributed by atoms with Gasteiger partial charge in [-0.3, -0.25) is 4.79 Å². The third-order valence-electron chi connectivity index (χ3n) is 3.39. The molecule has 0 saturated carbocycles. The van der Waals surface area contributed by atoms with E-state index >= 15 is 0 Å². The average Bonchev–Trinajstić information content (AvgIpc) is 2.80. The Morgan fingerprint density at radius 3 is 2.64 bits per heavy atom. The third kappa shape index (κ3) is 1.91. The van der Waals surface area contributed by atoms with Crippen molar-refractivity contribution in [3.63, 3.8) is 0 Å². The molecule has 0 amide bonds. The maximum atomic E-state index is 13.3. The van der Waals surface area contributed by atoms with E-state index in [9.17, 15) is 18.8 Å². The van der Waals surface area contributed by atoms with Crippen LogP contribution < -0.4 is 5.73 Å². The predicted molar refractivity (Wildman–Crippen MR) is 76.3 cm³/mol. The first kappa shape index (κ1) is 13.8. The third-order valence-corrected chi connectivity index (χ3v) is 3.39. The number of halogens is 2. The average molecular weight is 297 g/mol. The van der Waals surface area contributed by atoms with Gasteiger partial charge in [0.05, 0.1) is 11.2 Å². The molecule has 22 heavy (non-hydrogen) atoms. The first-order chi connectivity index (χ1) is 10.5. The lowest BCUT2D eigenvalue weighted by atomic mass is 10.1. The normalized spacial score (nSPS) is 10.6. The summed E-state index contributed by atoms with van der Waals surface area (Å²) in [6.45, 7) is 0. The number of benzene rings is 1. The van der Waals surface area contributed by atoms with Gasteiger partial charge in [-0.05, 0) is 30.3 Å². The SMILES string of the molecule is N#Cc1c(N)c(C(=O)c2ccc(F)c(F)c2)n2ccccc12. The van der Waals surface area contributed by atoms with Crippen LogP contribution in [0.25, 0.3) is 5.52 Å². The highest BCUT2D eigenvalue weighted by Crippen LogP contribution is 2.27. The van der Waals surface area contributed by atoms with Gasteiger partial charge in [0.2, 0.25) is 5.78 Å². The number of hydrogen-bond donors (Lipinski definition) is 1. The Morgan fingerprint density at radius 1 is 1.18 bits per heavy atom. The molecule has 0 atom stereocenters. The minimum Gasteiger partial charge on any atom is -0.396 e. The highest BCUT2D eigenvalue weighted by atomic mass is 19.2. The molecule has 0 aliphatic rings. The Bertz CT molecular complexity index is 954. The quantitative estimate of drug-likeness (QED) is 0.739. The first-order valence-electron chi connectivity index (χ1n) is 6.33. The van der Waals surface area contributed by atoms with Gasteiger partial charge in [0.25, 0.3) is 0 Å². The van der Waals surface area contributed by atoms with E-state index in [-0.39, 0.29) is 22.5 Å². The standard InChI is InChI=1S/C16H9F2N3O/c17-11-5-4-9(7-12(11)18)16(22)15-14(20)10(8-19)13-3-1-2-6-21(13)15/h1-7H,20H2. The van der Waals surface area contributed by atoms with Crippen LogP contribution in [-0.2, 0) is 0 Å². The van der Waals surface area contributed by atoms with Gasteiger partial charge in [-0.15, -0.1) is 0 Å². The van der Waals surface area contributed by atoms with E-state index in [1.807, 2.05) is 6.07 Å². The Labute approximate surface area is 124 Å². The molecule has 2 N–H and O–H groups in total. The van der Waals surface area contributed by atoms with Gasteiger partial charge in [0.15, 0.2) is 11.6 Å². The van der Waals surface area contributed by atoms with Crippen molar-refractivity contribution in [2.24, 2.45) is 0 Å². The predicted octanol–water partition coefficient (Wildman–Crippen LogP) is 2.90. The van der Waals surface area contributed by atoms with Crippen molar-refractivity contribution < 1.29 is 13.6 Å². The van der Waals surface area contributed by atoms with Gasteiger partial charge in [-0.25, -0.2) is 8.78 Å². The molecule has 3 rings (SSSR count). The molecule has 3 aromatic rings. The number of hydrogen-bond acceptors (Lipinski definition) is 3. The second-order valence-corrected chi connectivity index (χ2v) is 4.66. The fraction of sp³-hybridized carbons (Fsp3) is 0.